The molecule has 11 heteroatoms. The number of aromatic hydroxyl groups is 1. The summed E-state index contributed by atoms with van der Waals surface area (Å²) < 4.78 is 0. The van der Waals surface area contributed by atoms with Crippen LogP contribution in [0.3, 0.4) is 0 Å². The number of amides is 1. The number of benzene rings is 1. The molecule has 3 aliphatic rings. The average molecular weight is 512 g/mol. The summed E-state index contributed by atoms with van der Waals surface area (Å²) in [5.41, 5.74) is 2.80. The minimum Gasteiger partial charge on any atom is -0.507 e. The van der Waals surface area contributed by atoms with E-state index in [-0.39, 0.29) is 41.9 Å². The number of aliphatic hydroxyl groups is 1. The number of hydrogen-bond donors (Lipinski definition) is 4. The number of carbonyl (C=O) groups excluding carboxylic acids is 6. The first-order chi connectivity index (χ1) is 17.4. The second kappa shape index (κ2) is 9.40. The molecule has 5 N–H and O–H groups in total. The summed E-state index contributed by atoms with van der Waals surface area (Å²) in [4.78, 5) is 80.1. The molecular formula is C26H29N3O8. The molecule has 196 valence electrons. The molecule has 0 bridgehead atoms. The molecule has 1 aromatic rings. The molecule has 0 saturated heterocycles. The maximum absolute atomic E-state index is 13.8. The fourth-order valence-electron chi connectivity index (χ4n) is 6.25. The molecule has 2 unspecified atom stereocenters. The van der Waals surface area contributed by atoms with E-state index in [2.05, 4.69) is 11.9 Å². The largest absolute Gasteiger partial charge is 0.507 e. The fraction of sp³-hybridized carbons (Fsp3) is 0.462. The zero-order valence-corrected chi connectivity index (χ0v) is 20.5. The maximum Gasteiger partial charge on any atom is 0.235 e. The molecule has 0 aromatic heterocycles. The topological polar surface area (TPSA) is 184 Å². The van der Waals surface area contributed by atoms with Crippen molar-refractivity contribution in [2.24, 2.45) is 29.4 Å². The Morgan fingerprint density at radius 2 is 1.89 bits per heavy atom. The lowest BCUT2D eigenvalue weighted by Gasteiger charge is -2.52. The van der Waals surface area contributed by atoms with Gasteiger partial charge in [0, 0.05) is 18.0 Å². The van der Waals surface area contributed by atoms with Crippen LogP contribution in [0, 0.1) is 23.7 Å². The van der Waals surface area contributed by atoms with Crippen molar-refractivity contribution in [2.45, 2.75) is 24.5 Å². The van der Waals surface area contributed by atoms with Crippen LogP contribution in [0.25, 0.3) is 0 Å². The number of nitrogens with two attached hydrogens (primary N) is 1. The van der Waals surface area contributed by atoms with Gasteiger partial charge in [-0.25, -0.2) is 0 Å². The lowest BCUT2D eigenvalue weighted by Crippen LogP contribution is -2.74. The van der Waals surface area contributed by atoms with Gasteiger partial charge in [0.25, 0.3) is 0 Å². The minimum atomic E-state index is -2.78. The zero-order valence-electron chi connectivity index (χ0n) is 20.5. The van der Waals surface area contributed by atoms with Crippen LogP contribution < -0.4 is 11.1 Å². The highest BCUT2D eigenvalue weighted by molar-refractivity contribution is 6.32. The monoisotopic (exact) mass is 511 g/mol. The van der Waals surface area contributed by atoms with Crippen LogP contribution in [0.15, 0.2) is 24.8 Å². The summed E-state index contributed by atoms with van der Waals surface area (Å²) in [6, 6.07) is 1.42. The number of ketones is 5. The predicted octanol–water partition coefficient (Wildman–Crippen LogP) is -1.17. The Kier molecular flexibility index (Phi) is 6.74. The SMILES string of the molecule is C=CCNCC(=O)c1ccc(O)c2c1C[C@H]1C[C@H]3[C@H](N(C)C)C(=O)C(C(N)=O)C(=O)[C@@]3(O)C(=O)C1C2=O. The molecule has 0 radical (unpaired) electrons. The Hall–Kier alpha value is -3.54. The van der Waals surface area contributed by atoms with Crippen LogP contribution in [0.1, 0.15) is 32.7 Å². The molecule has 2 fully saturated rings. The molecule has 1 aromatic carbocycles. The lowest BCUT2D eigenvalue weighted by molar-refractivity contribution is -0.181. The fourth-order valence-corrected chi connectivity index (χ4v) is 6.25. The Morgan fingerprint density at radius 3 is 2.49 bits per heavy atom. The number of nitrogens with one attached hydrogen (secondary N) is 1. The van der Waals surface area contributed by atoms with Gasteiger partial charge in [0.2, 0.25) is 5.91 Å². The van der Waals surface area contributed by atoms with E-state index < -0.39 is 70.1 Å². The van der Waals surface area contributed by atoms with E-state index in [0.29, 0.717) is 6.54 Å². The highest BCUT2D eigenvalue weighted by Crippen LogP contribution is 2.51. The summed E-state index contributed by atoms with van der Waals surface area (Å²) in [6.45, 7) is 3.91. The van der Waals surface area contributed by atoms with Gasteiger partial charge in [-0.1, -0.05) is 6.08 Å². The van der Waals surface area contributed by atoms with Gasteiger partial charge < -0.3 is 21.3 Å². The van der Waals surface area contributed by atoms with Gasteiger partial charge in [-0.15, -0.1) is 6.58 Å². The number of carbonyl (C=O) groups is 6. The second-order valence-electron chi connectivity index (χ2n) is 10.1. The van der Waals surface area contributed by atoms with Crippen LogP contribution in [0.4, 0.5) is 0 Å². The van der Waals surface area contributed by atoms with Crippen molar-refractivity contribution < 1.29 is 39.0 Å². The Labute approximate surface area is 212 Å². The van der Waals surface area contributed by atoms with Crippen molar-refractivity contribution in [1.82, 2.24) is 10.2 Å². The first-order valence-corrected chi connectivity index (χ1v) is 11.9. The van der Waals surface area contributed by atoms with Crippen LogP contribution >= 0.6 is 0 Å². The number of rotatable bonds is 7. The number of fused-ring (bicyclic) bond motifs is 3. The Bertz CT molecular complexity index is 1250. The summed E-state index contributed by atoms with van der Waals surface area (Å²) in [6.07, 6.45) is 1.53. The van der Waals surface area contributed by atoms with Crippen molar-refractivity contribution >= 4 is 34.8 Å². The number of Topliss-reactive ketones (excluding diaryl/α,β-unsaturated/α-hetero) is 5. The first kappa shape index (κ1) is 26.5. The summed E-state index contributed by atoms with van der Waals surface area (Å²) in [5.74, 6) is -11.6. The van der Waals surface area contributed by atoms with E-state index in [1.54, 1.807) is 6.08 Å². The maximum atomic E-state index is 13.8. The van der Waals surface area contributed by atoms with Crippen LogP contribution in [-0.4, -0.2) is 88.8 Å². The molecule has 6 atom stereocenters. The van der Waals surface area contributed by atoms with Gasteiger partial charge in [0.1, 0.15) is 5.75 Å². The number of likely N-dealkylation sites (N-methyl/N-ethyl adjacent to an activating group) is 1. The number of nitrogens with zero attached hydrogens (tertiary/aromatic N) is 1. The van der Waals surface area contributed by atoms with E-state index in [1.807, 2.05) is 0 Å². The van der Waals surface area contributed by atoms with Crippen molar-refractivity contribution in [3.8, 4) is 5.75 Å². The average Bonchev–Trinajstić information content (AvgIpc) is 2.81. The Morgan fingerprint density at radius 1 is 1.22 bits per heavy atom. The van der Waals surface area contributed by atoms with Gasteiger partial charge in [-0.05, 0) is 50.6 Å². The third kappa shape index (κ3) is 3.85. The van der Waals surface area contributed by atoms with Crippen molar-refractivity contribution in [3.63, 3.8) is 0 Å². The quantitative estimate of drug-likeness (QED) is 0.150. The lowest BCUT2D eigenvalue weighted by atomic mass is 9.52. The number of phenols is 1. The highest BCUT2D eigenvalue weighted by Gasteiger charge is 2.69. The zero-order chi connectivity index (χ0) is 27.4. The first-order valence-electron chi connectivity index (χ1n) is 11.9. The molecule has 1 amide bonds. The Balaban J connectivity index is 1.82. The second-order valence-corrected chi connectivity index (χ2v) is 10.1. The molecule has 4 rings (SSSR count). The molecule has 11 nitrogen and oxygen atoms in total. The smallest absolute Gasteiger partial charge is 0.235 e. The van der Waals surface area contributed by atoms with E-state index in [4.69, 9.17) is 5.73 Å². The van der Waals surface area contributed by atoms with E-state index in [1.165, 1.54) is 31.1 Å². The van der Waals surface area contributed by atoms with Gasteiger partial charge >= 0.3 is 0 Å². The van der Waals surface area contributed by atoms with Crippen molar-refractivity contribution in [3.05, 3.63) is 41.5 Å². The number of primary amides is 1. The molecule has 3 aliphatic carbocycles. The molecule has 0 aliphatic heterocycles. The number of phenolic OH excluding ortho intramolecular Hbond substituents is 1. The van der Waals surface area contributed by atoms with Crippen molar-refractivity contribution in [2.75, 3.05) is 27.2 Å². The van der Waals surface area contributed by atoms with Gasteiger partial charge in [-0.2, -0.15) is 0 Å². The number of hydrogen-bond acceptors (Lipinski definition) is 10. The van der Waals surface area contributed by atoms with Crippen LogP contribution in [0.5, 0.6) is 5.75 Å². The summed E-state index contributed by atoms with van der Waals surface area (Å²) in [7, 11) is 3.03. The molecular weight excluding hydrogens is 482 g/mol. The van der Waals surface area contributed by atoms with E-state index in [9.17, 15) is 39.0 Å². The third-order valence-corrected chi connectivity index (χ3v) is 7.82. The molecule has 2 saturated carbocycles. The van der Waals surface area contributed by atoms with Crippen LogP contribution in [0.2, 0.25) is 0 Å². The van der Waals surface area contributed by atoms with Gasteiger partial charge in [-0.3, -0.25) is 33.7 Å². The van der Waals surface area contributed by atoms with Gasteiger partial charge in [0.05, 0.1) is 24.1 Å². The molecule has 0 heterocycles. The van der Waals surface area contributed by atoms with E-state index in [0.717, 1.165) is 0 Å². The minimum absolute atomic E-state index is 0.0305. The molecule has 0 spiro atoms. The standard InChI is InChI=1S/C26H29N3O8/c1-4-7-28-10-16(31)12-5-6-15(30)18-13(12)8-11-9-14-20(29(2)3)22(33)19(25(27)36)24(35)26(14,37)23(34)17(11)21(18)32/h4-6,11,14,17,19-20,28,30,37H,1,7-10H2,2-3H3,(H2,27,36)/t11-,14-,17?,19?,20-,26-/m0/s1. The normalized spacial score (nSPS) is 31.0. The van der Waals surface area contributed by atoms with E-state index >= 15 is 0 Å². The molecule has 37 heavy (non-hydrogen) atoms. The third-order valence-electron chi connectivity index (χ3n) is 7.82. The van der Waals surface area contributed by atoms with Crippen LogP contribution in [-0.2, 0) is 25.6 Å². The van der Waals surface area contributed by atoms with Gasteiger partial charge in [0.15, 0.2) is 40.4 Å². The predicted molar refractivity (Wildman–Crippen MR) is 129 cm³/mol. The highest BCUT2D eigenvalue weighted by atomic mass is 16.3. The summed E-state index contributed by atoms with van der Waals surface area (Å²) >= 11 is 0. The summed E-state index contributed by atoms with van der Waals surface area (Å²) in [5, 5.41) is 25.0. The van der Waals surface area contributed by atoms with Crippen molar-refractivity contribution in [1.29, 1.82) is 0 Å².